The van der Waals surface area contributed by atoms with E-state index >= 15 is 0 Å². The summed E-state index contributed by atoms with van der Waals surface area (Å²) in [7, 11) is 0. The Labute approximate surface area is 155 Å². The molecule has 1 amide bonds. The van der Waals surface area contributed by atoms with Crippen molar-refractivity contribution in [3.05, 3.63) is 57.5 Å². The molecule has 3 aromatic rings. The second kappa shape index (κ2) is 7.84. The number of hydrogen-bond donors (Lipinski definition) is 1. The predicted octanol–water partition coefficient (Wildman–Crippen LogP) is 3.66. The Morgan fingerprint density at radius 3 is 2.76 bits per heavy atom. The summed E-state index contributed by atoms with van der Waals surface area (Å²) in [6.45, 7) is 6.79. The average molecular weight is 373 g/mol. The quantitative estimate of drug-likeness (QED) is 0.671. The van der Waals surface area contributed by atoms with E-state index in [-0.39, 0.29) is 5.91 Å². The van der Waals surface area contributed by atoms with Gasteiger partial charge in [0.05, 0.1) is 12.3 Å². The van der Waals surface area contributed by atoms with Gasteiger partial charge >= 0.3 is 0 Å². The zero-order chi connectivity index (χ0) is 17.8. The molecular weight excluding hydrogens is 352 g/mol. The molecule has 0 saturated heterocycles. The first-order valence-corrected chi connectivity index (χ1v) is 9.81. The van der Waals surface area contributed by atoms with Gasteiger partial charge in [-0.3, -0.25) is 9.36 Å². The zero-order valence-electron chi connectivity index (χ0n) is 14.4. The molecule has 130 valence electrons. The van der Waals surface area contributed by atoms with E-state index in [0.29, 0.717) is 17.5 Å². The normalized spacial score (nSPS) is 10.8. The van der Waals surface area contributed by atoms with Gasteiger partial charge in [0.1, 0.15) is 6.33 Å². The highest BCUT2D eigenvalue weighted by Crippen LogP contribution is 2.21. The Balaban J connectivity index is 1.60. The molecule has 0 spiro atoms. The number of thioether (sulfide) groups is 1. The van der Waals surface area contributed by atoms with Crippen LogP contribution < -0.4 is 5.32 Å². The topological polar surface area (TPSA) is 59.8 Å². The predicted molar refractivity (Wildman–Crippen MR) is 102 cm³/mol. The van der Waals surface area contributed by atoms with Gasteiger partial charge in [0.2, 0.25) is 5.91 Å². The van der Waals surface area contributed by atoms with Crippen molar-refractivity contribution < 1.29 is 4.79 Å². The fourth-order valence-electron chi connectivity index (χ4n) is 2.32. The maximum atomic E-state index is 12.1. The smallest absolute Gasteiger partial charge is 0.230 e. The van der Waals surface area contributed by atoms with Gasteiger partial charge in [0.25, 0.3) is 0 Å². The van der Waals surface area contributed by atoms with E-state index in [1.165, 1.54) is 33.3 Å². The number of thiophene rings is 1. The molecule has 5 nitrogen and oxygen atoms in total. The molecule has 0 aliphatic heterocycles. The van der Waals surface area contributed by atoms with Gasteiger partial charge in [0.15, 0.2) is 5.16 Å². The van der Waals surface area contributed by atoms with Crippen molar-refractivity contribution in [1.29, 1.82) is 0 Å². The van der Waals surface area contributed by atoms with Crippen LogP contribution >= 0.6 is 23.1 Å². The van der Waals surface area contributed by atoms with Crippen molar-refractivity contribution in [3.8, 4) is 5.69 Å². The van der Waals surface area contributed by atoms with Crippen LogP contribution in [0.5, 0.6) is 0 Å². The molecule has 25 heavy (non-hydrogen) atoms. The molecular formula is C18H20N4OS2. The second-order valence-electron chi connectivity index (χ2n) is 5.84. The van der Waals surface area contributed by atoms with E-state index in [1.54, 1.807) is 17.7 Å². The maximum absolute atomic E-state index is 12.1. The lowest BCUT2D eigenvalue weighted by Gasteiger charge is -2.09. The monoisotopic (exact) mass is 372 g/mol. The largest absolute Gasteiger partial charge is 0.350 e. The fraction of sp³-hybridized carbons (Fsp3) is 0.278. The Hall–Kier alpha value is -2.12. The zero-order valence-corrected chi connectivity index (χ0v) is 16.1. The summed E-state index contributed by atoms with van der Waals surface area (Å²) in [5.41, 5.74) is 4.68. The van der Waals surface area contributed by atoms with E-state index in [4.69, 9.17) is 0 Å². The molecule has 0 aliphatic carbocycles. The molecule has 0 bridgehead atoms. The number of benzene rings is 1. The third-order valence-electron chi connectivity index (χ3n) is 4.03. The third-order valence-corrected chi connectivity index (χ3v) is 6.00. The molecule has 1 N–H and O–H groups in total. The van der Waals surface area contributed by atoms with Gasteiger partial charge in [-0.15, -0.1) is 21.5 Å². The van der Waals surface area contributed by atoms with E-state index in [9.17, 15) is 4.79 Å². The minimum absolute atomic E-state index is 0.00700. The Kier molecular flexibility index (Phi) is 5.55. The van der Waals surface area contributed by atoms with Gasteiger partial charge in [-0.25, -0.2) is 0 Å². The molecule has 0 aliphatic rings. The van der Waals surface area contributed by atoms with E-state index in [2.05, 4.69) is 54.5 Å². The SMILES string of the molecule is Cc1ccc(-n2cnnc2SCC(=O)NCc2sccc2C)cc1C. The first-order chi connectivity index (χ1) is 12.0. The molecule has 2 heterocycles. The lowest BCUT2D eigenvalue weighted by molar-refractivity contribution is -0.118. The van der Waals surface area contributed by atoms with Crippen LogP contribution in [0.15, 0.2) is 41.1 Å². The van der Waals surface area contributed by atoms with Crippen LogP contribution in [0.25, 0.3) is 5.69 Å². The summed E-state index contributed by atoms with van der Waals surface area (Å²) in [6.07, 6.45) is 1.68. The van der Waals surface area contributed by atoms with Gasteiger partial charge in [0, 0.05) is 10.6 Å². The Morgan fingerprint density at radius 2 is 2.04 bits per heavy atom. The van der Waals surface area contributed by atoms with Crippen LogP contribution in [0, 0.1) is 20.8 Å². The average Bonchev–Trinajstić information content (AvgIpc) is 3.22. The van der Waals surface area contributed by atoms with Crippen LogP contribution in [0.3, 0.4) is 0 Å². The highest BCUT2D eigenvalue weighted by molar-refractivity contribution is 7.99. The first kappa shape index (κ1) is 17.7. The van der Waals surface area contributed by atoms with Crippen LogP contribution in [0.4, 0.5) is 0 Å². The summed E-state index contributed by atoms with van der Waals surface area (Å²) in [6, 6.07) is 8.28. The lowest BCUT2D eigenvalue weighted by atomic mass is 10.1. The van der Waals surface area contributed by atoms with E-state index in [1.807, 2.05) is 16.0 Å². The Bertz CT molecular complexity index is 885. The maximum Gasteiger partial charge on any atom is 0.230 e. The number of nitrogens with one attached hydrogen (secondary N) is 1. The van der Waals surface area contributed by atoms with Gasteiger partial charge in [-0.05, 0) is 61.0 Å². The van der Waals surface area contributed by atoms with Gasteiger partial charge in [-0.2, -0.15) is 0 Å². The van der Waals surface area contributed by atoms with Crippen LogP contribution in [-0.2, 0) is 11.3 Å². The van der Waals surface area contributed by atoms with Gasteiger partial charge in [-0.1, -0.05) is 17.8 Å². The second-order valence-corrected chi connectivity index (χ2v) is 7.79. The van der Waals surface area contributed by atoms with Crippen LogP contribution in [0.1, 0.15) is 21.6 Å². The lowest BCUT2D eigenvalue weighted by Crippen LogP contribution is -2.24. The number of aromatic nitrogens is 3. The molecule has 2 aromatic heterocycles. The summed E-state index contributed by atoms with van der Waals surface area (Å²) < 4.78 is 1.91. The van der Waals surface area contributed by atoms with Crippen molar-refractivity contribution >= 4 is 29.0 Å². The Morgan fingerprint density at radius 1 is 1.20 bits per heavy atom. The summed E-state index contributed by atoms with van der Waals surface area (Å²) in [5, 5.41) is 13.8. The van der Waals surface area contributed by atoms with E-state index in [0.717, 1.165) is 5.69 Å². The highest BCUT2D eigenvalue weighted by Gasteiger charge is 2.11. The summed E-state index contributed by atoms with van der Waals surface area (Å²) >= 11 is 3.05. The summed E-state index contributed by atoms with van der Waals surface area (Å²) in [5.74, 6) is 0.306. The molecule has 0 radical (unpaired) electrons. The number of rotatable bonds is 6. The standard InChI is InChI=1S/C18H20N4OS2/c1-12-4-5-15(8-14(12)3)22-11-20-21-18(22)25-10-17(23)19-9-16-13(2)6-7-24-16/h4-8,11H,9-10H2,1-3H3,(H,19,23). The van der Waals surface area contributed by atoms with Crippen molar-refractivity contribution in [2.75, 3.05) is 5.75 Å². The van der Waals surface area contributed by atoms with Crippen molar-refractivity contribution in [2.45, 2.75) is 32.5 Å². The first-order valence-electron chi connectivity index (χ1n) is 7.94. The van der Waals surface area contributed by atoms with Crippen molar-refractivity contribution in [3.63, 3.8) is 0 Å². The highest BCUT2D eigenvalue weighted by atomic mass is 32.2. The van der Waals surface area contributed by atoms with Crippen molar-refractivity contribution in [2.24, 2.45) is 0 Å². The molecule has 0 unspecified atom stereocenters. The number of carbonyl (C=O) groups is 1. The molecule has 7 heteroatoms. The summed E-state index contributed by atoms with van der Waals surface area (Å²) in [4.78, 5) is 13.3. The molecule has 1 aromatic carbocycles. The minimum atomic E-state index is -0.00700. The number of aryl methyl sites for hydroxylation is 3. The van der Waals surface area contributed by atoms with Crippen LogP contribution in [0.2, 0.25) is 0 Å². The molecule has 0 atom stereocenters. The molecule has 3 rings (SSSR count). The third kappa shape index (κ3) is 4.29. The van der Waals surface area contributed by atoms with Crippen molar-refractivity contribution in [1.82, 2.24) is 20.1 Å². The number of hydrogen-bond acceptors (Lipinski definition) is 5. The fourth-order valence-corrected chi connectivity index (χ4v) is 3.93. The number of nitrogens with zero attached hydrogens (tertiary/aromatic N) is 3. The molecule has 0 saturated carbocycles. The molecule has 0 fully saturated rings. The van der Waals surface area contributed by atoms with Crippen LogP contribution in [-0.4, -0.2) is 26.4 Å². The van der Waals surface area contributed by atoms with E-state index < -0.39 is 0 Å². The number of amides is 1. The van der Waals surface area contributed by atoms with Gasteiger partial charge < -0.3 is 5.32 Å². The minimum Gasteiger partial charge on any atom is -0.350 e. The number of carbonyl (C=O) groups excluding carboxylic acids is 1.